The van der Waals surface area contributed by atoms with Gasteiger partial charge in [0.1, 0.15) is 11.6 Å². The summed E-state index contributed by atoms with van der Waals surface area (Å²) in [7, 11) is 0. The van der Waals surface area contributed by atoms with Crippen molar-refractivity contribution in [1.29, 1.82) is 0 Å². The third kappa shape index (κ3) is 2.90. The first kappa shape index (κ1) is 14.0. The second-order valence-corrected chi connectivity index (χ2v) is 5.55. The predicted molar refractivity (Wildman–Crippen MR) is 78.6 cm³/mol. The first-order valence-electron chi connectivity index (χ1n) is 6.79. The second kappa shape index (κ2) is 5.81. The van der Waals surface area contributed by atoms with Crippen LogP contribution in [0.4, 0.5) is 4.39 Å². The summed E-state index contributed by atoms with van der Waals surface area (Å²) >= 11 is 6.19. The van der Waals surface area contributed by atoms with Gasteiger partial charge in [0.15, 0.2) is 0 Å². The van der Waals surface area contributed by atoms with E-state index in [9.17, 15) is 4.39 Å². The molecule has 2 heterocycles. The van der Waals surface area contributed by atoms with Crippen LogP contribution < -0.4 is 0 Å². The Morgan fingerprint density at radius 3 is 2.90 bits per heavy atom. The molecule has 7 heteroatoms. The number of hydrogen-bond donors (Lipinski definition) is 0. The maximum Gasteiger partial charge on any atom is 0.127 e. The SMILES string of the molecule is CC(Cl)c1nc2ccc(F)cc2n1CCCn1ccnn1. The van der Waals surface area contributed by atoms with E-state index < -0.39 is 0 Å². The van der Waals surface area contributed by atoms with E-state index in [-0.39, 0.29) is 11.2 Å². The zero-order valence-electron chi connectivity index (χ0n) is 11.6. The molecular formula is C14H15ClFN5. The maximum atomic E-state index is 13.5. The van der Waals surface area contributed by atoms with Crippen molar-refractivity contribution < 1.29 is 4.39 Å². The van der Waals surface area contributed by atoms with Crippen LogP contribution in [0, 0.1) is 5.82 Å². The minimum atomic E-state index is -0.270. The Hall–Kier alpha value is -1.95. The van der Waals surface area contributed by atoms with Gasteiger partial charge in [-0.2, -0.15) is 0 Å². The molecule has 110 valence electrons. The number of aryl methyl sites for hydroxylation is 2. The Labute approximate surface area is 126 Å². The fourth-order valence-corrected chi connectivity index (χ4v) is 2.56. The van der Waals surface area contributed by atoms with E-state index in [0.717, 1.165) is 29.8 Å². The fourth-order valence-electron chi connectivity index (χ4n) is 2.40. The van der Waals surface area contributed by atoms with Crippen LogP contribution in [0.2, 0.25) is 0 Å². The molecule has 21 heavy (non-hydrogen) atoms. The van der Waals surface area contributed by atoms with Crippen LogP contribution in [0.5, 0.6) is 0 Å². The molecule has 1 atom stereocenters. The number of benzene rings is 1. The van der Waals surface area contributed by atoms with Gasteiger partial charge in [-0.1, -0.05) is 5.21 Å². The number of alkyl halides is 1. The number of nitrogens with zero attached hydrogens (tertiary/aromatic N) is 5. The summed E-state index contributed by atoms with van der Waals surface area (Å²) in [5.41, 5.74) is 1.54. The molecule has 0 amide bonds. The second-order valence-electron chi connectivity index (χ2n) is 4.89. The van der Waals surface area contributed by atoms with Gasteiger partial charge in [-0.05, 0) is 31.5 Å². The fraction of sp³-hybridized carbons (Fsp3) is 0.357. The van der Waals surface area contributed by atoms with Crippen molar-refractivity contribution in [2.75, 3.05) is 0 Å². The Morgan fingerprint density at radius 1 is 1.33 bits per heavy atom. The van der Waals surface area contributed by atoms with Gasteiger partial charge < -0.3 is 4.57 Å². The summed E-state index contributed by atoms with van der Waals surface area (Å²) < 4.78 is 17.2. The van der Waals surface area contributed by atoms with Gasteiger partial charge >= 0.3 is 0 Å². The highest BCUT2D eigenvalue weighted by Crippen LogP contribution is 2.25. The lowest BCUT2D eigenvalue weighted by Gasteiger charge is -2.10. The van der Waals surface area contributed by atoms with E-state index in [0.29, 0.717) is 6.54 Å². The Morgan fingerprint density at radius 2 is 2.19 bits per heavy atom. The summed E-state index contributed by atoms with van der Waals surface area (Å²) in [4.78, 5) is 4.50. The van der Waals surface area contributed by atoms with Crippen molar-refractivity contribution in [3.63, 3.8) is 0 Å². The van der Waals surface area contributed by atoms with Crippen molar-refractivity contribution in [2.24, 2.45) is 0 Å². The molecule has 0 fully saturated rings. The molecular weight excluding hydrogens is 293 g/mol. The molecule has 5 nitrogen and oxygen atoms in total. The van der Waals surface area contributed by atoms with Crippen LogP contribution in [0.1, 0.15) is 24.5 Å². The van der Waals surface area contributed by atoms with Gasteiger partial charge in [0.2, 0.25) is 0 Å². The first-order chi connectivity index (χ1) is 10.1. The van der Waals surface area contributed by atoms with Gasteiger partial charge in [-0.15, -0.1) is 16.7 Å². The number of rotatable bonds is 5. The summed E-state index contributed by atoms with van der Waals surface area (Å²) in [5, 5.41) is 7.46. The lowest BCUT2D eigenvalue weighted by atomic mass is 10.3. The van der Waals surface area contributed by atoms with Crippen molar-refractivity contribution in [1.82, 2.24) is 24.5 Å². The third-order valence-electron chi connectivity index (χ3n) is 3.34. The molecule has 0 aliphatic rings. The Kier molecular flexibility index (Phi) is 3.88. The highest BCUT2D eigenvalue weighted by Gasteiger charge is 2.15. The topological polar surface area (TPSA) is 48.5 Å². The zero-order chi connectivity index (χ0) is 14.8. The number of aromatic nitrogens is 5. The van der Waals surface area contributed by atoms with Crippen molar-refractivity contribution >= 4 is 22.6 Å². The average Bonchev–Trinajstić information content (AvgIpc) is 3.07. The lowest BCUT2D eigenvalue weighted by Crippen LogP contribution is -2.08. The number of hydrogen-bond acceptors (Lipinski definition) is 3. The number of imidazole rings is 1. The van der Waals surface area contributed by atoms with Gasteiger partial charge in [0, 0.05) is 19.3 Å². The molecule has 0 radical (unpaired) electrons. The van der Waals surface area contributed by atoms with Gasteiger partial charge in [0.05, 0.1) is 22.6 Å². The highest BCUT2D eigenvalue weighted by atomic mass is 35.5. The van der Waals surface area contributed by atoms with Crippen molar-refractivity contribution in [2.45, 2.75) is 31.8 Å². The predicted octanol–water partition coefficient (Wildman–Crippen LogP) is 3.16. The minimum Gasteiger partial charge on any atom is -0.327 e. The largest absolute Gasteiger partial charge is 0.327 e. The Bertz CT molecular complexity index is 735. The standard InChI is InChI=1S/C14H15ClFN5/c1-10(15)14-18-12-4-3-11(16)9-13(12)21(14)7-2-6-20-8-5-17-19-20/h3-5,8-10H,2,6-7H2,1H3. The zero-order valence-corrected chi connectivity index (χ0v) is 12.3. The van der Waals surface area contributed by atoms with Crippen LogP contribution in [0.25, 0.3) is 11.0 Å². The van der Waals surface area contributed by atoms with Gasteiger partial charge in [-0.3, -0.25) is 4.68 Å². The molecule has 0 saturated heterocycles. The molecule has 2 aromatic heterocycles. The van der Waals surface area contributed by atoms with E-state index >= 15 is 0 Å². The van der Waals surface area contributed by atoms with Crippen LogP contribution in [-0.2, 0) is 13.1 Å². The molecule has 1 aromatic carbocycles. The molecule has 0 N–H and O–H groups in total. The molecule has 3 aromatic rings. The van der Waals surface area contributed by atoms with Crippen LogP contribution in [0.3, 0.4) is 0 Å². The molecule has 0 spiro atoms. The normalized spacial score (nSPS) is 12.9. The quantitative estimate of drug-likeness (QED) is 0.680. The summed E-state index contributed by atoms with van der Waals surface area (Å²) in [5.74, 6) is 0.490. The summed E-state index contributed by atoms with van der Waals surface area (Å²) in [6.45, 7) is 3.31. The average molecular weight is 308 g/mol. The van der Waals surface area contributed by atoms with E-state index in [2.05, 4.69) is 15.3 Å². The molecule has 3 rings (SSSR count). The third-order valence-corrected chi connectivity index (χ3v) is 3.53. The molecule has 0 bridgehead atoms. The van der Waals surface area contributed by atoms with E-state index in [1.54, 1.807) is 16.9 Å². The smallest absolute Gasteiger partial charge is 0.127 e. The van der Waals surface area contributed by atoms with Crippen molar-refractivity contribution in [3.05, 3.63) is 42.2 Å². The summed E-state index contributed by atoms with van der Waals surface area (Å²) in [6, 6.07) is 4.60. The maximum absolute atomic E-state index is 13.5. The number of fused-ring (bicyclic) bond motifs is 1. The first-order valence-corrected chi connectivity index (χ1v) is 7.22. The molecule has 0 aliphatic heterocycles. The van der Waals surface area contributed by atoms with Crippen LogP contribution in [-0.4, -0.2) is 24.5 Å². The van der Waals surface area contributed by atoms with Gasteiger partial charge in [0.25, 0.3) is 0 Å². The highest BCUT2D eigenvalue weighted by molar-refractivity contribution is 6.20. The summed E-state index contributed by atoms with van der Waals surface area (Å²) in [6.07, 6.45) is 4.30. The van der Waals surface area contributed by atoms with Crippen LogP contribution in [0.15, 0.2) is 30.6 Å². The molecule has 0 saturated carbocycles. The molecule has 0 aliphatic carbocycles. The lowest BCUT2D eigenvalue weighted by molar-refractivity contribution is 0.511. The van der Waals surface area contributed by atoms with E-state index in [1.807, 2.05) is 17.7 Å². The van der Waals surface area contributed by atoms with Gasteiger partial charge in [-0.25, -0.2) is 9.37 Å². The monoisotopic (exact) mass is 307 g/mol. The number of halogens is 2. The van der Waals surface area contributed by atoms with E-state index in [4.69, 9.17) is 11.6 Å². The Balaban J connectivity index is 1.87. The van der Waals surface area contributed by atoms with Crippen LogP contribution >= 0.6 is 11.6 Å². The van der Waals surface area contributed by atoms with Crippen molar-refractivity contribution in [3.8, 4) is 0 Å². The van der Waals surface area contributed by atoms with E-state index in [1.165, 1.54) is 12.1 Å². The molecule has 1 unspecified atom stereocenters. The minimum absolute atomic E-state index is 0.230.